The van der Waals surface area contributed by atoms with Gasteiger partial charge in [0.2, 0.25) is 5.13 Å². The molecule has 0 saturated heterocycles. The second-order valence-corrected chi connectivity index (χ2v) is 7.31. The number of halogens is 1. The molecule has 0 aliphatic rings. The summed E-state index contributed by atoms with van der Waals surface area (Å²) in [5.41, 5.74) is 2.55. The summed E-state index contributed by atoms with van der Waals surface area (Å²) in [6.45, 7) is 1.97. The summed E-state index contributed by atoms with van der Waals surface area (Å²) in [6.07, 6.45) is 0. The minimum absolute atomic E-state index is 0.215. The number of amides is 1. The fourth-order valence-corrected chi connectivity index (χ4v) is 3.65. The van der Waals surface area contributed by atoms with E-state index in [-0.39, 0.29) is 11.7 Å². The molecule has 0 bridgehead atoms. The van der Waals surface area contributed by atoms with Crippen LogP contribution in [0.4, 0.5) is 9.52 Å². The Morgan fingerprint density at radius 1 is 1.21 bits per heavy atom. The highest BCUT2D eigenvalue weighted by Gasteiger charge is 2.10. The minimum Gasteiger partial charge on any atom is -0.296 e. The first-order valence-electron chi connectivity index (χ1n) is 7.19. The molecule has 0 radical (unpaired) electrons. The van der Waals surface area contributed by atoms with E-state index in [4.69, 9.17) is 0 Å². The van der Waals surface area contributed by atoms with E-state index in [1.807, 2.05) is 25.1 Å². The van der Waals surface area contributed by atoms with Crippen molar-refractivity contribution in [3.63, 3.8) is 0 Å². The highest BCUT2D eigenvalue weighted by atomic mass is 32.2. The fourth-order valence-electron chi connectivity index (χ4n) is 1.96. The van der Waals surface area contributed by atoms with Crippen LogP contribution in [0.15, 0.2) is 52.9 Å². The van der Waals surface area contributed by atoms with E-state index in [2.05, 4.69) is 15.5 Å². The van der Waals surface area contributed by atoms with Gasteiger partial charge >= 0.3 is 0 Å². The van der Waals surface area contributed by atoms with Crippen LogP contribution < -0.4 is 5.32 Å². The van der Waals surface area contributed by atoms with Crippen LogP contribution >= 0.6 is 23.1 Å². The number of benzene rings is 2. The van der Waals surface area contributed by atoms with Crippen molar-refractivity contribution in [3.05, 3.63) is 71.0 Å². The SMILES string of the molecule is Cc1ccc(C(=O)Nc2nnc(SCc3cccc(F)c3)s2)cc1. The quantitative estimate of drug-likeness (QED) is 0.537. The number of carbonyl (C=O) groups excluding carboxylic acids is 1. The van der Waals surface area contributed by atoms with Crippen molar-refractivity contribution in [2.75, 3.05) is 5.32 Å². The number of hydrogen-bond acceptors (Lipinski definition) is 5. The summed E-state index contributed by atoms with van der Waals surface area (Å²) < 4.78 is 13.9. The maximum atomic E-state index is 13.1. The van der Waals surface area contributed by atoms with Gasteiger partial charge in [-0.2, -0.15) is 0 Å². The largest absolute Gasteiger partial charge is 0.296 e. The fraction of sp³-hybridized carbons (Fsp3) is 0.118. The van der Waals surface area contributed by atoms with Crippen LogP contribution in [0.2, 0.25) is 0 Å². The summed E-state index contributed by atoms with van der Waals surface area (Å²) in [5.74, 6) is 0.127. The van der Waals surface area contributed by atoms with E-state index < -0.39 is 0 Å². The molecule has 0 aliphatic heterocycles. The van der Waals surface area contributed by atoms with E-state index in [1.165, 1.54) is 35.2 Å². The van der Waals surface area contributed by atoms with E-state index in [1.54, 1.807) is 18.2 Å². The van der Waals surface area contributed by atoms with Crippen molar-refractivity contribution in [2.45, 2.75) is 17.0 Å². The number of aromatic nitrogens is 2. The van der Waals surface area contributed by atoms with E-state index in [9.17, 15) is 9.18 Å². The lowest BCUT2D eigenvalue weighted by Gasteiger charge is -2.01. The molecule has 0 saturated carbocycles. The van der Waals surface area contributed by atoms with Gasteiger partial charge in [0.1, 0.15) is 5.82 Å². The van der Waals surface area contributed by atoms with Gasteiger partial charge in [0.25, 0.3) is 5.91 Å². The van der Waals surface area contributed by atoms with Gasteiger partial charge in [-0.1, -0.05) is 52.9 Å². The number of nitrogens with zero attached hydrogens (tertiary/aromatic N) is 2. The zero-order valence-corrected chi connectivity index (χ0v) is 14.5. The standard InChI is InChI=1S/C17H14FN3OS2/c1-11-5-7-13(8-6-11)15(22)19-16-20-21-17(24-16)23-10-12-3-2-4-14(18)9-12/h2-9H,10H2,1H3,(H,19,20,22). The molecule has 1 amide bonds. The van der Waals surface area contributed by atoms with Crippen molar-refractivity contribution in [1.82, 2.24) is 10.2 Å². The predicted octanol–water partition coefficient (Wildman–Crippen LogP) is 4.53. The molecule has 0 atom stereocenters. The maximum absolute atomic E-state index is 13.1. The number of nitrogens with one attached hydrogen (secondary N) is 1. The molecule has 3 rings (SSSR count). The van der Waals surface area contributed by atoms with Crippen LogP contribution in [0.3, 0.4) is 0 Å². The first-order chi connectivity index (χ1) is 11.6. The third-order valence-electron chi connectivity index (χ3n) is 3.19. The molecule has 1 N–H and O–H groups in total. The molecular weight excluding hydrogens is 345 g/mol. The van der Waals surface area contributed by atoms with Crippen LogP contribution in [0.1, 0.15) is 21.5 Å². The molecule has 7 heteroatoms. The average Bonchev–Trinajstić information content (AvgIpc) is 3.01. The van der Waals surface area contributed by atoms with Gasteiger partial charge in [0, 0.05) is 11.3 Å². The van der Waals surface area contributed by atoms with Gasteiger partial charge in [0.05, 0.1) is 0 Å². The number of hydrogen-bond donors (Lipinski definition) is 1. The highest BCUT2D eigenvalue weighted by molar-refractivity contribution is 8.00. The van der Waals surface area contributed by atoms with Crippen LogP contribution in [-0.4, -0.2) is 16.1 Å². The Hall–Kier alpha value is -2.25. The second kappa shape index (κ2) is 7.55. The smallest absolute Gasteiger partial charge is 0.257 e. The van der Waals surface area contributed by atoms with E-state index >= 15 is 0 Å². The van der Waals surface area contributed by atoms with Crippen molar-refractivity contribution in [2.24, 2.45) is 0 Å². The second-order valence-electron chi connectivity index (χ2n) is 5.11. The molecular formula is C17H14FN3OS2. The van der Waals surface area contributed by atoms with Gasteiger partial charge in [-0.3, -0.25) is 10.1 Å². The van der Waals surface area contributed by atoms with Crippen molar-refractivity contribution in [3.8, 4) is 0 Å². The lowest BCUT2D eigenvalue weighted by atomic mass is 10.1. The molecule has 0 spiro atoms. The lowest BCUT2D eigenvalue weighted by Crippen LogP contribution is -2.11. The third kappa shape index (κ3) is 4.39. The van der Waals surface area contributed by atoms with Crippen LogP contribution in [0, 0.1) is 12.7 Å². The Morgan fingerprint density at radius 3 is 2.75 bits per heavy atom. The Bertz CT molecular complexity index is 849. The first kappa shape index (κ1) is 16.6. The number of anilines is 1. The van der Waals surface area contributed by atoms with Crippen molar-refractivity contribution in [1.29, 1.82) is 0 Å². The summed E-state index contributed by atoms with van der Waals surface area (Å²) >= 11 is 2.75. The molecule has 2 aromatic carbocycles. The predicted molar refractivity (Wildman–Crippen MR) is 95.0 cm³/mol. The Kier molecular flexibility index (Phi) is 5.22. The maximum Gasteiger partial charge on any atom is 0.257 e. The highest BCUT2D eigenvalue weighted by Crippen LogP contribution is 2.28. The molecule has 4 nitrogen and oxygen atoms in total. The van der Waals surface area contributed by atoms with Crippen molar-refractivity contribution >= 4 is 34.1 Å². The van der Waals surface area contributed by atoms with Crippen LogP contribution in [-0.2, 0) is 5.75 Å². The topological polar surface area (TPSA) is 54.9 Å². The normalized spacial score (nSPS) is 10.6. The summed E-state index contributed by atoms with van der Waals surface area (Å²) in [5, 5.41) is 11.2. The molecule has 1 heterocycles. The van der Waals surface area contributed by atoms with Gasteiger partial charge < -0.3 is 0 Å². The Balaban J connectivity index is 1.59. The van der Waals surface area contributed by atoms with Gasteiger partial charge in [-0.05, 0) is 36.8 Å². The Morgan fingerprint density at radius 2 is 2.00 bits per heavy atom. The molecule has 0 aliphatic carbocycles. The molecule has 3 aromatic rings. The van der Waals surface area contributed by atoms with Gasteiger partial charge in [-0.25, -0.2) is 4.39 Å². The third-order valence-corrected chi connectivity index (χ3v) is 5.24. The lowest BCUT2D eigenvalue weighted by molar-refractivity contribution is 0.102. The first-order valence-corrected chi connectivity index (χ1v) is 8.99. The summed E-state index contributed by atoms with van der Waals surface area (Å²) in [4.78, 5) is 12.1. The molecule has 122 valence electrons. The van der Waals surface area contributed by atoms with Gasteiger partial charge in [0.15, 0.2) is 4.34 Å². The molecule has 1 aromatic heterocycles. The number of thioether (sulfide) groups is 1. The monoisotopic (exact) mass is 359 g/mol. The number of carbonyl (C=O) groups is 1. The molecule has 0 unspecified atom stereocenters. The Labute approximate surface area is 147 Å². The van der Waals surface area contributed by atoms with Crippen LogP contribution in [0.25, 0.3) is 0 Å². The summed E-state index contributed by atoms with van der Waals surface area (Å²) in [6, 6.07) is 13.8. The average molecular weight is 359 g/mol. The number of aryl methyl sites for hydroxylation is 1. The van der Waals surface area contributed by atoms with Gasteiger partial charge in [-0.15, -0.1) is 10.2 Å². The van der Waals surface area contributed by atoms with Crippen molar-refractivity contribution < 1.29 is 9.18 Å². The van der Waals surface area contributed by atoms with Crippen LogP contribution in [0.5, 0.6) is 0 Å². The van der Waals surface area contributed by atoms with E-state index in [0.717, 1.165) is 15.5 Å². The summed E-state index contributed by atoms with van der Waals surface area (Å²) in [7, 11) is 0. The zero-order chi connectivity index (χ0) is 16.9. The minimum atomic E-state index is -0.253. The zero-order valence-electron chi connectivity index (χ0n) is 12.8. The van der Waals surface area contributed by atoms with E-state index in [0.29, 0.717) is 16.4 Å². The molecule has 24 heavy (non-hydrogen) atoms. The molecule has 0 fully saturated rings. The number of rotatable bonds is 5.